The molecule has 112 valence electrons. The maximum atomic E-state index is 13.9. The Hall–Kier alpha value is -2.49. The van der Waals surface area contributed by atoms with Crippen molar-refractivity contribution in [3.8, 4) is 0 Å². The predicted octanol–water partition coefficient (Wildman–Crippen LogP) is 3.62. The zero-order chi connectivity index (χ0) is 15.7. The Balaban J connectivity index is 2.04. The lowest BCUT2D eigenvalue weighted by molar-refractivity contribution is 0.0977. The van der Waals surface area contributed by atoms with Gasteiger partial charge < -0.3 is 4.90 Å². The van der Waals surface area contributed by atoms with Crippen molar-refractivity contribution in [3.63, 3.8) is 0 Å². The van der Waals surface area contributed by atoms with Gasteiger partial charge in [0.25, 0.3) is 5.91 Å². The van der Waals surface area contributed by atoms with Crippen molar-refractivity contribution < 1.29 is 14.0 Å². The van der Waals surface area contributed by atoms with Crippen LogP contribution in [-0.4, -0.2) is 18.2 Å². The first kappa shape index (κ1) is 14.4. The third-order valence-corrected chi connectivity index (χ3v) is 3.96. The topological polar surface area (TPSA) is 37.4 Å². The van der Waals surface area contributed by atoms with Gasteiger partial charge in [-0.1, -0.05) is 24.3 Å². The number of hydrogen-bond acceptors (Lipinski definition) is 2. The van der Waals surface area contributed by atoms with Gasteiger partial charge in [0.15, 0.2) is 5.78 Å². The van der Waals surface area contributed by atoms with Crippen molar-refractivity contribution >= 4 is 17.4 Å². The number of aryl methyl sites for hydroxylation is 1. The third kappa shape index (κ3) is 2.52. The van der Waals surface area contributed by atoms with Crippen molar-refractivity contribution in [2.75, 3.05) is 11.4 Å². The number of ketones is 1. The van der Waals surface area contributed by atoms with Gasteiger partial charge in [-0.2, -0.15) is 0 Å². The summed E-state index contributed by atoms with van der Waals surface area (Å²) < 4.78 is 13.9. The van der Waals surface area contributed by atoms with Crippen LogP contribution in [-0.2, 0) is 6.42 Å². The number of nitrogens with zero attached hydrogens (tertiary/aromatic N) is 1. The van der Waals surface area contributed by atoms with Gasteiger partial charge in [0.05, 0.1) is 5.56 Å². The Kier molecular flexibility index (Phi) is 3.75. The molecule has 0 aromatic heterocycles. The fraction of sp³-hybridized carbons (Fsp3) is 0.222. The van der Waals surface area contributed by atoms with Crippen LogP contribution in [0.25, 0.3) is 0 Å². The minimum absolute atomic E-state index is 0.0494. The predicted molar refractivity (Wildman–Crippen MR) is 82.8 cm³/mol. The van der Waals surface area contributed by atoms with Crippen LogP contribution in [0.3, 0.4) is 0 Å². The van der Waals surface area contributed by atoms with E-state index in [0.717, 1.165) is 18.4 Å². The molecule has 1 amide bonds. The van der Waals surface area contributed by atoms with E-state index in [0.29, 0.717) is 17.8 Å². The molecular formula is C18H16FNO2. The molecule has 2 aromatic rings. The summed E-state index contributed by atoms with van der Waals surface area (Å²) in [4.78, 5) is 25.8. The van der Waals surface area contributed by atoms with E-state index in [9.17, 15) is 14.0 Å². The van der Waals surface area contributed by atoms with E-state index in [1.165, 1.54) is 19.1 Å². The van der Waals surface area contributed by atoms with Crippen molar-refractivity contribution in [3.05, 3.63) is 65.0 Å². The van der Waals surface area contributed by atoms with Gasteiger partial charge in [-0.3, -0.25) is 9.59 Å². The lowest BCUT2D eigenvalue weighted by atomic mass is 9.97. The van der Waals surface area contributed by atoms with Gasteiger partial charge in [0, 0.05) is 17.8 Å². The van der Waals surface area contributed by atoms with E-state index in [2.05, 4.69) is 0 Å². The molecule has 3 nitrogen and oxygen atoms in total. The standard InChI is InChI=1S/C18H16FNO2/c1-12(21)14-9-8-13-5-4-10-20(17(13)11-14)18(22)15-6-2-3-7-16(15)19/h2-3,6-9,11H,4-5,10H2,1H3. The highest BCUT2D eigenvalue weighted by Gasteiger charge is 2.25. The zero-order valence-corrected chi connectivity index (χ0v) is 12.3. The number of amides is 1. The second-order valence-corrected chi connectivity index (χ2v) is 5.44. The average molecular weight is 297 g/mol. The van der Waals surface area contributed by atoms with Gasteiger partial charge in [0.2, 0.25) is 0 Å². The van der Waals surface area contributed by atoms with E-state index in [4.69, 9.17) is 0 Å². The maximum absolute atomic E-state index is 13.9. The molecular weight excluding hydrogens is 281 g/mol. The van der Waals surface area contributed by atoms with Crippen LogP contribution < -0.4 is 4.90 Å². The van der Waals surface area contributed by atoms with Crippen LogP contribution in [0.1, 0.15) is 39.6 Å². The van der Waals surface area contributed by atoms with Crippen LogP contribution in [0.4, 0.5) is 10.1 Å². The third-order valence-electron chi connectivity index (χ3n) is 3.96. The summed E-state index contributed by atoms with van der Waals surface area (Å²) in [6, 6.07) is 11.4. The molecule has 0 saturated heterocycles. The Labute approximate surface area is 128 Å². The molecule has 0 radical (unpaired) electrons. The van der Waals surface area contributed by atoms with Crippen molar-refractivity contribution in [1.82, 2.24) is 0 Å². The number of anilines is 1. The Bertz CT molecular complexity index is 755. The first-order chi connectivity index (χ1) is 10.6. The highest BCUT2D eigenvalue weighted by molar-refractivity contribution is 6.07. The summed E-state index contributed by atoms with van der Waals surface area (Å²) in [7, 11) is 0. The van der Waals surface area contributed by atoms with E-state index < -0.39 is 5.82 Å². The van der Waals surface area contributed by atoms with Crippen LogP contribution >= 0.6 is 0 Å². The number of fused-ring (bicyclic) bond motifs is 1. The number of carbonyl (C=O) groups excluding carboxylic acids is 2. The number of carbonyl (C=O) groups is 2. The molecule has 22 heavy (non-hydrogen) atoms. The molecule has 1 aliphatic heterocycles. The molecule has 0 N–H and O–H groups in total. The highest BCUT2D eigenvalue weighted by Crippen LogP contribution is 2.30. The van der Waals surface area contributed by atoms with Crippen LogP contribution in [0, 0.1) is 5.82 Å². The smallest absolute Gasteiger partial charge is 0.261 e. The largest absolute Gasteiger partial charge is 0.308 e. The van der Waals surface area contributed by atoms with Gasteiger partial charge >= 0.3 is 0 Å². The summed E-state index contributed by atoms with van der Waals surface area (Å²) in [5.74, 6) is -0.936. The first-order valence-corrected chi connectivity index (χ1v) is 7.28. The summed E-state index contributed by atoms with van der Waals surface area (Å²) in [5, 5.41) is 0. The number of hydrogen-bond donors (Lipinski definition) is 0. The summed E-state index contributed by atoms with van der Waals surface area (Å²) in [5.41, 5.74) is 2.35. The SMILES string of the molecule is CC(=O)c1ccc2c(c1)N(C(=O)c1ccccc1F)CCC2. The Morgan fingerprint density at radius 1 is 1.14 bits per heavy atom. The minimum Gasteiger partial charge on any atom is -0.308 e. The Morgan fingerprint density at radius 3 is 2.64 bits per heavy atom. The molecule has 0 unspecified atom stereocenters. The number of halogens is 1. The van der Waals surface area contributed by atoms with E-state index in [1.807, 2.05) is 6.07 Å². The quantitative estimate of drug-likeness (QED) is 0.794. The van der Waals surface area contributed by atoms with Crippen LogP contribution in [0.15, 0.2) is 42.5 Å². The highest BCUT2D eigenvalue weighted by atomic mass is 19.1. The summed E-state index contributed by atoms with van der Waals surface area (Å²) in [6.07, 6.45) is 1.68. The van der Waals surface area contributed by atoms with Crippen molar-refractivity contribution in [2.24, 2.45) is 0 Å². The zero-order valence-electron chi connectivity index (χ0n) is 12.3. The second kappa shape index (κ2) is 5.72. The molecule has 1 aliphatic rings. The van der Waals surface area contributed by atoms with Gasteiger partial charge in [-0.05, 0) is 43.5 Å². The molecule has 0 aliphatic carbocycles. The second-order valence-electron chi connectivity index (χ2n) is 5.44. The maximum Gasteiger partial charge on any atom is 0.261 e. The van der Waals surface area contributed by atoms with E-state index >= 15 is 0 Å². The van der Waals surface area contributed by atoms with Gasteiger partial charge in [-0.15, -0.1) is 0 Å². The molecule has 1 heterocycles. The monoisotopic (exact) mass is 297 g/mol. The lowest BCUT2D eigenvalue weighted by Crippen LogP contribution is -2.36. The Morgan fingerprint density at radius 2 is 1.91 bits per heavy atom. The van der Waals surface area contributed by atoms with Crippen LogP contribution in [0.5, 0.6) is 0 Å². The molecule has 0 saturated carbocycles. The van der Waals surface area contributed by atoms with Gasteiger partial charge in [-0.25, -0.2) is 4.39 Å². The molecule has 0 bridgehead atoms. The number of benzene rings is 2. The molecule has 3 rings (SSSR count). The van der Waals surface area contributed by atoms with Crippen molar-refractivity contribution in [1.29, 1.82) is 0 Å². The number of rotatable bonds is 2. The normalized spacial score (nSPS) is 13.6. The first-order valence-electron chi connectivity index (χ1n) is 7.28. The van der Waals surface area contributed by atoms with E-state index in [1.54, 1.807) is 29.2 Å². The molecule has 0 fully saturated rings. The fourth-order valence-corrected chi connectivity index (χ4v) is 2.78. The minimum atomic E-state index is -0.526. The number of Topliss-reactive ketones (excluding diaryl/α,β-unsaturated/α-hetero) is 1. The van der Waals surface area contributed by atoms with Crippen molar-refractivity contribution in [2.45, 2.75) is 19.8 Å². The molecule has 2 aromatic carbocycles. The van der Waals surface area contributed by atoms with Crippen LogP contribution in [0.2, 0.25) is 0 Å². The lowest BCUT2D eigenvalue weighted by Gasteiger charge is -2.30. The summed E-state index contributed by atoms with van der Waals surface area (Å²) >= 11 is 0. The summed E-state index contributed by atoms with van der Waals surface area (Å²) in [6.45, 7) is 2.02. The average Bonchev–Trinajstić information content (AvgIpc) is 2.53. The van der Waals surface area contributed by atoms with Gasteiger partial charge in [0.1, 0.15) is 5.82 Å². The fourth-order valence-electron chi connectivity index (χ4n) is 2.78. The van der Waals surface area contributed by atoms with E-state index in [-0.39, 0.29) is 17.3 Å². The molecule has 4 heteroatoms. The molecule has 0 spiro atoms. The molecule has 0 atom stereocenters.